The van der Waals surface area contributed by atoms with Crippen molar-refractivity contribution in [2.24, 2.45) is 28.9 Å². The van der Waals surface area contributed by atoms with E-state index in [9.17, 15) is 0 Å². The van der Waals surface area contributed by atoms with E-state index >= 15 is 0 Å². The van der Waals surface area contributed by atoms with Gasteiger partial charge in [0.1, 0.15) is 0 Å². The molecule has 1 aliphatic carbocycles. The summed E-state index contributed by atoms with van der Waals surface area (Å²) in [5.74, 6) is 2.57. The third-order valence-electron chi connectivity index (χ3n) is 4.17. The summed E-state index contributed by atoms with van der Waals surface area (Å²) < 4.78 is 0. The summed E-state index contributed by atoms with van der Waals surface area (Å²) in [5.41, 5.74) is 6.23. The first kappa shape index (κ1) is 12.0. The second kappa shape index (κ2) is 4.65. The summed E-state index contributed by atoms with van der Waals surface area (Å²) in [4.78, 5) is 0. The van der Waals surface area contributed by atoms with Gasteiger partial charge in [-0.15, -0.1) is 0 Å². The lowest BCUT2D eigenvalue weighted by molar-refractivity contribution is 0.129. The van der Waals surface area contributed by atoms with Crippen molar-refractivity contribution in [3.05, 3.63) is 0 Å². The minimum atomic E-state index is 0.511. The summed E-state index contributed by atoms with van der Waals surface area (Å²) in [6.45, 7) is 10.3. The molecule has 0 aromatic rings. The van der Waals surface area contributed by atoms with Crippen LogP contribution in [-0.4, -0.2) is 6.54 Å². The Balaban J connectivity index is 2.39. The standard InChI is InChI=1S/C13H27N/c1-10(9-14)11-5-7-12(8-6-11)13(2,3)4/h10-12H,5-9,14H2,1-4H3/t10-,11?,12?/m1/s1. The molecule has 0 aromatic heterocycles. The van der Waals surface area contributed by atoms with Crippen molar-refractivity contribution in [2.75, 3.05) is 6.54 Å². The molecule has 0 saturated heterocycles. The fourth-order valence-corrected chi connectivity index (χ4v) is 2.75. The maximum Gasteiger partial charge on any atom is -0.00489 e. The van der Waals surface area contributed by atoms with E-state index in [4.69, 9.17) is 5.73 Å². The minimum absolute atomic E-state index is 0.511. The summed E-state index contributed by atoms with van der Waals surface area (Å²) in [6, 6.07) is 0. The molecule has 0 heterocycles. The van der Waals surface area contributed by atoms with Gasteiger partial charge in [0.25, 0.3) is 0 Å². The van der Waals surface area contributed by atoms with E-state index < -0.39 is 0 Å². The van der Waals surface area contributed by atoms with Crippen LogP contribution in [0.4, 0.5) is 0 Å². The molecule has 84 valence electrons. The molecule has 1 atom stereocenters. The molecule has 1 rings (SSSR count). The quantitative estimate of drug-likeness (QED) is 0.721. The van der Waals surface area contributed by atoms with Crippen molar-refractivity contribution in [3.8, 4) is 0 Å². The Morgan fingerprint density at radius 2 is 1.64 bits per heavy atom. The Morgan fingerprint density at radius 1 is 1.14 bits per heavy atom. The predicted octanol–water partition coefficient (Wildman–Crippen LogP) is 3.43. The van der Waals surface area contributed by atoms with Gasteiger partial charge in [0.05, 0.1) is 0 Å². The van der Waals surface area contributed by atoms with E-state index in [-0.39, 0.29) is 0 Å². The molecule has 0 unspecified atom stereocenters. The molecule has 1 saturated carbocycles. The van der Waals surface area contributed by atoms with Crippen molar-refractivity contribution < 1.29 is 0 Å². The van der Waals surface area contributed by atoms with Crippen molar-refractivity contribution in [1.29, 1.82) is 0 Å². The lowest BCUT2D eigenvalue weighted by Gasteiger charge is -2.38. The Morgan fingerprint density at radius 3 is 2.00 bits per heavy atom. The van der Waals surface area contributed by atoms with E-state index in [1.165, 1.54) is 25.7 Å². The Hall–Kier alpha value is -0.0400. The van der Waals surface area contributed by atoms with Crippen LogP contribution in [0, 0.1) is 23.2 Å². The van der Waals surface area contributed by atoms with Crippen molar-refractivity contribution in [3.63, 3.8) is 0 Å². The van der Waals surface area contributed by atoms with Crippen LogP contribution in [-0.2, 0) is 0 Å². The van der Waals surface area contributed by atoms with Gasteiger partial charge in [-0.3, -0.25) is 0 Å². The van der Waals surface area contributed by atoms with Crippen LogP contribution < -0.4 is 5.73 Å². The summed E-state index contributed by atoms with van der Waals surface area (Å²) in [5, 5.41) is 0. The SMILES string of the molecule is C[C@H](CN)C1CCC(C(C)(C)C)CC1. The number of nitrogens with two attached hydrogens (primary N) is 1. The van der Waals surface area contributed by atoms with Gasteiger partial charge in [-0.05, 0) is 55.4 Å². The van der Waals surface area contributed by atoms with Gasteiger partial charge in [-0.25, -0.2) is 0 Å². The average molecular weight is 197 g/mol. The highest BCUT2D eigenvalue weighted by molar-refractivity contribution is 4.82. The largest absolute Gasteiger partial charge is 0.330 e. The van der Waals surface area contributed by atoms with Gasteiger partial charge in [0.15, 0.2) is 0 Å². The maximum atomic E-state index is 5.72. The highest BCUT2D eigenvalue weighted by Crippen LogP contribution is 2.41. The molecule has 14 heavy (non-hydrogen) atoms. The van der Waals surface area contributed by atoms with Crippen LogP contribution in [0.2, 0.25) is 0 Å². The predicted molar refractivity (Wildman–Crippen MR) is 63.1 cm³/mol. The van der Waals surface area contributed by atoms with Crippen LogP contribution in [0.5, 0.6) is 0 Å². The third kappa shape index (κ3) is 2.98. The molecular weight excluding hydrogens is 170 g/mol. The molecule has 2 N–H and O–H groups in total. The Labute approximate surface area is 89.5 Å². The van der Waals surface area contributed by atoms with Gasteiger partial charge in [-0.1, -0.05) is 27.7 Å². The fraction of sp³-hybridized carbons (Fsp3) is 1.00. The Kier molecular flexibility index (Phi) is 4.00. The molecule has 0 radical (unpaired) electrons. The summed E-state index contributed by atoms with van der Waals surface area (Å²) in [6.07, 6.45) is 5.64. The van der Waals surface area contributed by atoms with E-state index in [2.05, 4.69) is 27.7 Å². The lowest BCUT2D eigenvalue weighted by atomic mass is 9.68. The average Bonchev–Trinajstić information content (AvgIpc) is 2.15. The molecule has 1 nitrogen and oxygen atoms in total. The third-order valence-corrected chi connectivity index (χ3v) is 4.17. The van der Waals surface area contributed by atoms with Crippen LogP contribution in [0.15, 0.2) is 0 Å². The first-order valence-corrected chi connectivity index (χ1v) is 6.15. The van der Waals surface area contributed by atoms with Crippen LogP contribution >= 0.6 is 0 Å². The zero-order valence-corrected chi connectivity index (χ0v) is 10.3. The molecule has 1 heteroatoms. The second-order valence-electron chi connectivity index (χ2n) is 6.19. The highest BCUT2D eigenvalue weighted by atomic mass is 14.6. The molecule has 0 bridgehead atoms. The fourth-order valence-electron chi connectivity index (χ4n) is 2.75. The molecular formula is C13H27N. The van der Waals surface area contributed by atoms with Gasteiger partial charge in [0, 0.05) is 0 Å². The van der Waals surface area contributed by atoms with Crippen molar-refractivity contribution in [2.45, 2.75) is 53.4 Å². The molecule has 0 aliphatic heterocycles. The van der Waals surface area contributed by atoms with Crippen LogP contribution in [0.3, 0.4) is 0 Å². The molecule has 0 amide bonds. The molecule has 0 aromatic carbocycles. The topological polar surface area (TPSA) is 26.0 Å². The molecule has 1 fully saturated rings. The lowest BCUT2D eigenvalue weighted by Crippen LogP contribution is -2.30. The van der Waals surface area contributed by atoms with E-state index in [0.29, 0.717) is 5.41 Å². The Bertz CT molecular complexity index is 161. The highest BCUT2D eigenvalue weighted by Gasteiger charge is 2.30. The number of hydrogen-bond acceptors (Lipinski definition) is 1. The zero-order chi connectivity index (χ0) is 10.8. The molecule has 0 spiro atoms. The first-order valence-electron chi connectivity index (χ1n) is 6.15. The summed E-state index contributed by atoms with van der Waals surface area (Å²) >= 11 is 0. The van der Waals surface area contributed by atoms with Gasteiger partial charge in [-0.2, -0.15) is 0 Å². The van der Waals surface area contributed by atoms with E-state index in [1.807, 2.05) is 0 Å². The summed E-state index contributed by atoms with van der Waals surface area (Å²) in [7, 11) is 0. The van der Waals surface area contributed by atoms with Gasteiger partial charge < -0.3 is 5.73 Å². The number of rotatable bonds is 2. The molecule has 1 aliphatic rings. The minimum Gasteiger partial charge on any atom is -0.330 e. The second-order valence-corrected chi connectivity index (χ2v) is 6.19. The van der Waals surface area contributed by atoms with Gasteiger partial charge in [0.2, 0.25) is 0 Å². The van der Waals surface area contributed by atoms with Crippen LogP contribution in [0.1, 0.15) is 53.4 Å². The first-order chi connectivity index (χ1) is 6.45. The zero-order valence-electron chi connectivity index (χ0n) is 10.3. The maximum absolute atomic E-state index is 5.72. The normalized spacial score (nSPS) is 31.5. The smallest absolute Gasteiger partial charge is 0.00489 e. The monoisotopic (exact) mass is 197 g/mol. The van der Waals surface area contributed by atoms with E-state index in [1.54, 1.807) is 0 Å². The van der Waals surface area contributed by atoms with Gasteiger partial charge >= 0.3 is 0 Å². The van der Waals surface area contributed by atoms with Crippen molar-refractivity contribution in [1.82, 2.24) is 0 Å². The van der Waals surface area contributed by atoms with Crippen molar-refractivity contribution >= 4 is 0 Å². The van der Waals surface area contributed by atoms with Crippen LogP contribution in [0.25, 0.3) is 0 Å². The van der Waals surface area contributed by atoms with E-state index in [0.717, 1.165) is 24.3 Å². The number of hydrogen-bond donors (Lipinski definition) is 1.